The third-order valence-corrected chi connectivity index (χ3v) is 4.27. The molecule has 2 N–H and O–H groups in total. The summed E-state index contributed by atoms with van der Waals surface area (Å²) in [6.07, 6.45) is 0.584. The number of nitrogens with one attached hydrogen (secondary N) is 2. The zero-order valence-electron chi connectivity index (χ0n) is 14.3. The molecule has 2 aromatic carbocycles. The number of rotatable bonds is 3. The summed E-state index contributed by atoms with van der Waals surface area (Å²) >= 11 is 5.34. The van der Waals surface area contributed by atoms with Gasteiger partial charge in [-0.05, 0) is 50.3 Å². The largest absolute Gasteiger partial charge is 0.487 e. The van der Waals surface area contributed by atoms with Crippen LogP contribution in [-0.2, 0) is 0 Å². The molecule has 0 amide bonds. The maximum Gasteiger partial charge on any atom is 0.271 e. The van der Waals surface area contributed by atoms with E-state index in [4.69, 9.17) is 17.0 Å². The van der Waals surface area contributed by atoms with Crippen LogP contribution in [0.2, 0.25) is 0 Å². The molecule has 0 bridgehead atoms. The first-order chi connectivity index (χ1) is 12.2. The summed E-state index contributed by atoms with van der Waals surface area (Å²) in [7, 11) is 0. The number of halogens is 1. The molecule has 0 saturated heterocycles. The Kier molecular flexibility index (Phi) is 4.78. The molecule has 6 nitrogen and oxygen atoms in total. The van der Waals surface area contributed by atoms with E-state index >= 15 is 0 Å². The number of nitrogens with zero attached hydrogens (tertiary/aromatic N) is 1. The third-order valence-electron chi connectivity index (χ3n) is 4.05. The molecule has 26 heavy (non-hydrogen) atoms. The summed E-state index contributed by atoms with van der Waals surface area (Å²) in [5.74, 6) is 0.259. The molecule has 136 valence electrons. The first kappa shape index (κ1) is 18.1. The van der Waals surface area contributed by atoms with Gasteiger partial charge in [0, 0.05) is 29.8 Å². The Morgan fingerprint density at radius 1 is 1.35 bits per heavy atom. The Morgan fingerprint density at radius 2 is 2.12 bits per heavy atom. The van der Waals surface area contributed by atoms with E-state index in [2.05, 4.69) is 10.6 Å². The predicted molar refractivity (Wildman–Crippen MR) is 101 cm³/mol. The van der Waals surface area contributed by atoms with Crippen LogP contribution in [0.15, 0.2) is 42.5 Å². The fourth-order valence-electron chi connectivity index (χ4n) is 2.98. The van der Waals surface area contributed by atoms with Crippen LogP contribution in [0.1, 0.15) is 31.9 Å². The Balaban J connectivity index is 1.78. The smallest absolute Gasteiger partial charge is 0.271 e. The van der Waals surface area contributed by atoms with Crippen LogP contribution in [0.5, 0.6) is 5.75 Å². The lowest BCUT2D eigenvalue weighted by Crippen LogP contribution is -2.42. The van der Waals surface area contributed by atoms with Crippen molar-refractivity contribution in [1.29, 1.82) is 0 Å². The Morgan fingerprint density at radius 3 is 2.85 bits per heavy atom. The normalized spacial score (nSPS) is 17.6. The number of hydrogen-bond acceptors (Lipinski definition) is 4. The zero-order chi connectivity index (χ0) is 18.9. The van der Waals surface area contributed by atoms with Crippen molar-refractivity contribution in [2.24, 2.45) is 0 Å². The van der Waals surface area contributed by atoms with Crippen molar-refractivity contribution in [1.82, 2.24) is 5.32 Å². The number of nitro groups is 1. The second kappa shape index (κ2) is 6.87. The highest BCUT2D eigenvalue weighted by molar-refractivity contribution is 7.80. The molecule has 1 atom stereocenters. The summed E-state index contributed by atoms with van der Waals surface area (Å²) < 4.78 is 19.6. The summed E-state index contributed by atoms with van der Waals surface area (Å²) in [5, 5.41) is 17.3. The molecular formula is C18H18FN3O3S. The van der Waals surface area contributed by atoms with E-state index in [1.807, 2.05) is 13.8 Å². The van der Waals surface area contributed by atoms with Gasteiger partial charge in [0.25, 0.3) is 5.69 Å². The molecule has 3 rings (SSSR count). The first-order valence-corrected chi connectivity index (χ1v) is 8.45. The van der Waals surface area contributed by atoms with Crippen molar-refractivity contribution >= 4 is 28.7 Å². The number of anilines is 1. The second-order valence-electron chi connectivity index (χ2n) is 6.71. The molecule has 2 aromatic rings. The van der Waals surface area contributed by atoms with Gasteiger partial charge in [-0.15, -0.1) is 0 Å². The molecule has 0 spiro atoms. The fraction of sp³-hybridized carbons (Fsp3) is 0.278. The fourth-order valence-corrected chi connectivity index (χ4v) is 3.24. The maximum atomic E-state index is 13.7. The van der Waals surface area contributed by atoms with E-state index in [1.165, 1.54) is 24.3 Å². The van der Waals surface area contributed by atoms with E-state index in [0.29, 0.717) is 28.5 Å². The van der Waals surface area contributed by atoms with Gasteiger partial charge in [-0.3, -0.25) is 10.1 Å². The van der Waals surface area contributed by atoms with Gasteiger partial charge in [0.05, 0.1) is 11.0 Å². The van der Waals surface area contributed by atoms with Crippen molar-refractivity contribution in [3.63, 3.8) is 0 Å². The van der Waals surface area contributed by atoms with Gasteiger partial charge in [0.1, 0.15) is 17.2 Å². The van der Waals surface area contributed by atoms with Gasteiger partial charge < -0.3 is 15.4 Å². The number of non-ortho nitro benzene ring substituents is 1. The molecule has 8 heteroatoms. The quantitative estimate of drug-likeness (QED) is 0.473. The highest BCUT2D eigenvalue weighted by Gasteiger charge is 2.34. The predicted octanol–water partition coefficient (Wildman–Crippen LogP) is 4.32. The topological polar surface area (TPSA) is 76.4 Å². The molecule has 1 aliphatic heterocycles. The number of thiocarbonyl (C=S) groups is 1. The monoisotopic (exact) mass is 375 g/mol. The lowest BCUT2D eigenvalue weighted by Gasteiger charge is -2.38. The van der Waals surface area contributed by atoms with Gasteiger partial charge in [-0.1, -0.05) is 6.07 Å². The summed E-state index contributed by atoms with van der Waals surface area (Å²) in [5.41, 5.74) is 0.719. The lowest BCUT2D eigenvalue weighted by atomic mass is 9.90. The van der Waals surface area contributed by atoms with Crippen LogP contribution in [0.3, 0.4) is 0 Å². The van der Waals surface area contributed by atoms with Gasteiger partial charge in [0.2, 0.25) is 0 Å². The van der Waals surface area contributed by atoms with E-state index < -0.39 is 10.5 Å². The highest BCUT2D eigenvalue weighted by Crippen LogP contribution is 2.39. The average molecular weight is 375 g/mol. The number of benzene rings is 2. The Hall–Kier alpha value is -2.74. The number of hydrogen-bond donors (Lipinski definition) is 2. The van der Waals surface area contributed by atoms with Crippen LogP contribution < -0.4 is 15.4 Å². The van der Waals surface area contributed by atoms with Crippen LogP contribution >= 0.6 is 12.2 Å². The average Bonchev–Trinajstić information content (AvgIpc) is 2.55. The minimum Gasteiger partial charge on any atom is -0.487 e. The molecular weight excluding hydrogens is 357 g/mol. The SMILES string of the molecule is CC1(C)C[C@@H](NC(=S)Nc2cccc([N+](=O)[O-])c2)c2cc(F)ccc2O1. The lowest BCUT2D eigenvalue weighted by molar-refractivity contribution is -0.384. The first-order valence-electron chi connectivity index (χ1n) is 8.04. The zero-order valence-corrected chi connectivity index (χ0v) is 15.1. The van der Waals surface area contributed by atoms with E-state index in [1.54, 1.807) is 18.2 Å². The number of fused-ring (bicyclic) bond motifs is 1. The van der Waals surface area contributed by atoms with Crippen LogP contribution in [-0.4, -0.2) is 15.6 Å². The molecule has 0 aliphatic carbocycles. The number of nitro benzene ring substituents is 1. The van der Waals surface area contributed by atoms with E-state index in [-0.39, 0.29) is 17.5 Å². The van der Waals surface area contributed by atoms with Crippen molar-refractivity contribution < 1.29 is 14.1 Å². The third kappa shape index (κ3) is 4.08. The van der Waals surface area contributed by atoms with Gasteiger partial charge in [-0.2, -0.15) is 0 Å². The maximum absolute atomic E-state index is 13.7. The van der Waals surface area contributed by atoms with E-state index in [0.717, 1.165) is 0 Å². The molecule has 0 fully saturated rings. The van der Waals surface area contributed by atoms with Gasteiger partial charge in [-0.25, -0.2) is 4.39 Å². The van der Waals surface area contributed by atoms with Crippen molar-refractivity contribution in [3.05, 3.63) is 64.0 Å². The van der Waals surface area contributed by atoms with Crippen LogP contribution in [0, 0.1) is 15.9 Å². The molecule has 1 heterocycles. The summed E-state index contributed by atoms with van der Waals surface area (Å²) in [4.78, 5) is 10.4. The molecule has 0 aromatic heterocycles. The molecule has 1 aliphatic rings. The minimum atomic E-state index is -0.471. The van der Waals surface area contributed by atoms with Gasteiger partial charge >= 0.3 is 0 Å². The molecule has 0 saturated carbocycles. The van der Waals surface area contributed by atoms with Crippen molar-refractivity contribution in [2.45, 2.75) is 31.9 Å². The van der Waals surface area contributed by atoms with E-state index in [9.17, 15) is 14.5 Å². The minimum absolute atomic E-state index is 0.0302. The Bertz CT molecular complexity index is 873. The summed E-state index contributed by atoms with van der Waals surface area (Å²) in [6.45, 7) is 3.90. The highest BCUT2D eigenvalue weighted by atomic mass is 32.1. The van der Waals surface area contributed by atoms with Crippen molar-refractivity contribution in [3.8, 4) is 5.75 Å². The van der Waals surface area contributed by atoms with Gasteiger partial charge in [0.15, 0.2) is 5.11 Å². The van der Waals surface area contributed by atoms with Crippen LogP contribution in [0.4, 0.5) is 15.8 Å². The van der Waals surface area contributed by atoms with Crippen molar-refractivity contribution in [2.75, 3.05) is 5.32 Å². The Labute approximate surface area is 155 Å². The molecule has 0 unspecified atom stereocenters. The standard InChI is InChI=1S/C18H18FN3O3S/c1-18(2)10-15(14-8-11(19)6-7-16(14)25-18)21-17(26)20-12-4-3-5-13(9-12)22(23)24/h3-9,15H,10H2,1-2H3,(H2,20,21,26)/t15-/m1/s1. The van der Waals surface area contributed by atoms with Crippen LogP contribution in [0.25, 0.3) is 0 Å². The number of ether oxygens (including phenoxy) is 1. The summed E-state index contributed by atoms with van der Waals surface area (Å²) in [6, 6.07) is 10.2. The second-order valence-corrected chi connectivity index (χ2v) is 7.11. The molecule has 0 radical (unpaired) electrons.